The number of aliphatic hydroxyl groups is 1. The van der Waals surface area contributed by atoms with Gasteiger partial charge in [-0.3, -0.25) is 24.2 Å². The van der Waals surface area contributed by atoms with Gasteiger partial charge in [-0.25, -0.2) is 9.97 Å². The van der Waals surface area contributed by atoms with Crippen LogP contribution in [0.15, 0.2) is 89.0 Å². The minimum absolute atomic E-state index is 0.0291. The number of rotatable bonds is 20. The number of nitrogen functional groups attached to an aromatic ring is 1. The lowest BCUT2D eigenvalue weighted by atomic mass is 9.90. The van der Waals surface area contributed by atoms with E-state index >= 15 is 0 Å². The number of phenolic OH excluding ortho intramolecular Hbond substituents is 1. The molecule has 5 N–H and O–H groups in total. The van der Waals surface area contributed by atoms with E-state index in [-0.39, 0.29) is 60.5 Å². The standard InChI is InChI=1S/C59H73N13O8S/c1-36(2)53(58(76)71-34-44(73)29-48(71)57(75)63-54(59(77)67(4)40-8-7-9-40)38-12-14-39(15-13-38)55-37(3)62-35-81-55)50-31-52(66-80-50)79-27-25-69-22-20-68(21-23-69)24-26-78-51-28-41(18-19-61-51)72-42-16-17-43(72)33-70(32-42)47-30-46(64-65-56(47)60)45-10-5-6-11-49(45)74/h5-6,10-15,18-19,28,30-31,35-36,40,42-44,48,53-54,73-74H,7-9,16-17,20-27,29,32-34H2,1-4H3,(H2,60,65)(H,63,75)/t42?,43?,44-,48+,53-,54-/m1/s1. The number of likely N-dealkylation sites (N-methyl/N-ethyl adjacent to an activating group) is 1. The van der Waals surface area contributed by atoms with Crippen molar-refractivity contribution < 1.29 is 38.6 Å². The van der Waals surface area contributed by atoms with E-state index in [4.69, 9.17) is 19.7 Å². The molecule has 81 heavy (non-hydrogen) atoms. The summed E-state index contributed by atoms with van der Waals surface area (Å²) in [6.07, 6.45) is 5.88. The monoisotopic (exact) mass is 1120 g/mol. The number of carbonyl (C=O) groups excluding carboxylic acids is 3. The number of benzene rings is 2. The largest absolute Gasteiger partial charge is 0.507 e. The van der Waals surface area contributed by atoms with Gasteiger partial charge >= 0.3 is 0 Å². The van der Waals surface area contributed by atoms with Crippen molar-refractivity contribution in [2.75, 3.05) is 94.7 Å². The Morgan fingerprint density at radius 2 is 1.58 bits per heavy atom. The van der Waals surface area contributed by atoms with E-state index in [0.29, 0.717) is 54.0 Å². The van der Waals surface area contributed by atoms with Crippen LogP contribution in [0.3, 0.4) is 0 Å². The van der Waals surface area contributed by atoms with Crippen molar-refractivity contribution >= 4 is 46.3 Å². The number of aliphatic hydroxyl groups excluding tert-OH is 1. The second-order valence-corrected chi connectivity index (χ2v) is 23.4. The Bertz CT molecular complexity index is 3150. The van der Waals surface area contributed by atoms with E-state index in [9.17, 15) is 24.6 Å². The van der Waals surface area contributed by atoms with E-state index in [1.807, 2.05) is 69.4 Å². The Morgan fingerprint density at radius 1 is 0.877 bits per heavy atom. The summed E-state index contributed by atoms with van der Waals surface area (Å²) in [5, 5.41) is 37.2. The van der Waals surface area contributed by atoms with Crippen LogP contribution in [0.25, 0.3) is 21.7 Å². The van der Waals surface area contributed by atoms with E-state index in [2.05, 4.69) is 62.4 Å². The molecule has 2 unspecified atom stereocenters. The molecule has 0 radical (unpaired) electrons. The normalized spacial score (nSPS) is 21.2. The summed E-state index contributed by atoms with van der Waals surface area (Å²) in [5.74, 6) is -0.458. The molecule has 6 atom stereocenters. The predicted molar refractivity (Wildman–Crippen MR) is 307 cm³/mol. The zero-order valence-corrected chi connectivity index (χ0v) is 47.3. The Balaban J connectivity index is 0.637. The number of nitrogens with two attached hydrogens (primary N) is 1. The van der Waals surface area contributed by atoms with Crippen molar-refractivity contribution in [3.05, 3.63) is 102 Å². The second kappa shape index (κ2) is 24.4. The summed E-state index contributed by atoms with van der Waals surface area (Å²) >= 11 is 1.54. The molecule has 4 aliphatic heterocycles. The summed E-state index contributed by atoms with van der Waals surface area (Å²) in [4.78, 5) is 65.7. The number of phenols is 1. The lowest BCUT2D eigenvalue weighted by Crippen LogP contribution is -2.54. The maximum Gasteiger partial charge on any atom is 0.254 e. The van der Waals surface area contributed by atoms with Crippen LogP contribution < -0.4 is 30.3 Å². The van der Waals surface area contributed by atoms with Gasteiger partial charge in [0.1, 0.15) is 37.0 Å². The van der Waals surface area contributed by atoms with Gasteiger partial charge in [0.15, 0.2) is 11.6 Å². The first-order valence-electron chi connectivity index (χ1n) is 28.4. The fraction of sp³-hybridized carbons (Fsp3) is 0.492. The van der Waals surface area contributed by atoms with Gasteiger partial charge in [-0.15, -0.1) is 21.5 Å². The molecular weight excluding hydrogens is 1050 g/mol. The molecule has 1 saturated carbocycles. The number of para-hydroxylation sites is 1. The first-order valence-corrected chi connectivity index (χ1v) is 29.3. The molecule has 5 aliphatic rings. The number of hydrogen-bond donors (Lipinski definition) is 4. The molecule has 428 valence electrons. The minimum Gasteiger partial charge on any atom is -0.507 e. The average molecular weight is 1120 g/mol. The van der Waals surface area contributed by atoms with Gasteiger partial charge in [0.25, 0.3) is 5.88 Å². The third-order valence-corrected chi connectivity index (χ3v) is 17.9. The quantitative estimate of drug-likeness (QED) is 0.0711. The number of nitrogens with zero attached hydrogens (tertiary/aromatic N) is 11. The van der Waals surface area contributed by atoms with E-state index in [1.165, 1.54) is 4.90 Å². The molecule has 6 aromatic rings. The number of anilines is 3. The SMILES string of the molecule is Cc1ncsc1-c1ccc([C@@H](NC(=O)[C@@H]2C[C@@H](O)CN2C(=O)[C@@H](c2cc(OCCN3CCN(CCOc4cc(N5C6CCC5CN(c5cc(-c7ccccc7O)nnc5N)C6)ccn4)CC3)no2)C(C)C)C(=O)N(C)C2CCC2)cc1. The van der Waals surface area contributed by atoms with Crippen LogP contribution in [0.2, 0.25) is 0 Å². The number of thiazole rings is 1. The highest BCUT2D eigenvalue weighted by Gasteiger charge is 2.45. The van der Waals surface area contributed by atoms with Crippen molar-refractivity contribution in [2.45, 2.75) is 102 Å². The van der Waals surface area contributed by atoms with Crippen LogP contribution in [0, 0.1) is 12.8 Å². The van der Waals surface area contributed by atoms with Crippen molar-refractivity contribution in [1.29, 1.82) is 0 Å². The molecule has 21 nitrogen and oxygen atoms in total. The first kappa shape index (κ1) is 55.5. The number of amides is 3. The zero-order chi connectivity index (χ0) is 56.3. The summed E-state index contributed by atoms with van der Waals surface area (Å²) in [6, 6.07) is 21.0. The lowest BCUT2D eigenvalue weighted by Gasteiger charge is -2.43. The molecular formula is C59H73N13O8S. The summed E-state index contributed by atoms with van der Waals surface area (Å²) in [6.45, 7) is 13.1. The molecule has 11 rings (SSSR count). The van der Waals surface area contributed by atoms with Crippen LogP contribution in [0.1, 0.15) is 81.3 Å². The van der Waals surface area contributed by atoms with E-state index in [0.717, 1.165) is 105 Å². The number of nitrogens with one attached hydrogen (secondary N) is 1. The summed E-state index contributed by atoms with van der Waals surface area (Å²) in [7, 11) is 1.78. The van der Waals surface area contributed by atoms with E-state index < -0.39 is 30.0 Å². The maximum atomic E-state index is 14.5. The minimum atomic E-state index is -1.01. The number of hydrogen-bond acceptors (Lipinski definition) is 19. The zero-order valence-electron chi connectivity index (χ0n) is 46.5. The smallest absolute Gasteiger partial charge is 0.254 e. The van der Waals surface area contributed by atoms with Crippen molar-refractivity contribution in [3.8, 4) is 39.2 Å². The third-order valence-electron chi connectivity index (χ3n) is 17.0. The number of carbonyl (C=O) groups is 3. The van der Waals surface area contributed by atoms with Gasteiger partial charge in [-0.2, -0.15) is 0 Å². The van der Waals surface area contributed by atoms with Crippen LogP contribution in [-0.4, -0.2) is 182 Å². The molecule has 0 spiro atoms. The molecule has 1 aliphatic carbocycles. The predicted octanol–water partition coefficient (Wildman–Crippen LogP) is 5.75. The highest BCUT2D eigenvalue weighted by atomic mass is 32.1. The highest BCUT2D eigenvalue weighted by Crippen LogP contribution is 2.40. The Kier molecular flexibility index (Phi) is 16.7. The number of aromatic hydroxyl groups is 1. The number of aryl methyl sites for hydroxylation is 1. The van der Waals surface area contributed by atoms with Gasteiger partial charge < -0.3 is 54.9 Å². The summed E-state index contributed by atoms with van der Waals surface area (Å²) < 4.78 is 18.1. The van der Waals surface area contributed by atoms with Crippen LogP contribution >= 0.6 is 11.3 Å². The molecule has 22 heteroatoms. The van der Waals surface area contributed by atoms with Crippen LogP contribution in [-0.2, 0) is 14.4 Å². The Labute approximate surface area is 476 Å². The topological polar surface area (TPSA) is 245 Å². The Hall–Kier alpha value is -7.40. The molecule has 4 saturated heterocycles. The number of ether oxygens (including phenoxy) is 2. The lowest BCUT2D eigenvalue weighted by molar-refractivity contribution is -0.143. The van der Waals surface area contributed by atoms with Gasteiger partial charge in [0, 0.05) is 120 Å². The maximum absolute atomic E-state index is 14.5. The van der Waals surface area contributed by atoms with Crippen molar-refractivity contribution in [3.63, 3.8) is 0 Å². The second-order valence-electron chi connectivity index (χ2n) is 22.5. The molecule has 4 aromatic heterocycles. The number of piperazine rings is 2. The van der Waals surface area contributed by atoms with Gasteiger partial charge in [0.2, 0.25) is 23.6 Å². The van der Waals surface area contributed by atoms with Gasteiger partial charge in [-0.05, 0) is 85.5 Å². The number of β-amino-alcohol motifs (C(OH)–C–C–N with tert-alkyl or cyclic N) is 1. The number of pyridine rings is 1. The highest BCUT2D eigenvalue weighted by molar-refractivity contribution is 7.13. The van der Waals surface area contributed by atoms with E-state index in [1.54, 1.807) is 47.0 Å². The van der Waals surface area contributed by atoms with Gasteiger partial charge in [0.05, 0.1) is 33.6 Å². The third kappa shape index (κ3) is 12.1. The number of fused-ring (bicyclic) bond motifs is 2. The molecule has 5 fully saturated rings. The molecule has 8 heterocycles. The molecule has 2 aromatic carbocycles. The first-order chi connectivity index (χ1) is 39.3. The van der Waals surface area contributed by atoms with Crippen LogP contribution in [0.5, 0.6) is 17.5 Å². The fourth-order valence-electron chi connectivity index (χ4n) is 12.2. The Morgan fingerprint density at radius 3 is 2.23 bits per heavy atom. The molecule has 2 bridgehead atoms. The van der Waals surface area contributed by atoms with Gasteiger partial charge in [-0.1, -0.05) is 50.2 Å². The fourth-order valence-corrected chi connectivity index (χ4v) is 13.0. The van der Waals surface area contributed by atoms with Crippen molar-refractivity contribution in [2.24, 2.45) is 5.92 Å². The summed E-state index contributed by atoms with van der Waals surface area (Å²) in [5.41, 5.74) is 13.8. The molecule has 3 amide bonds. The number of likely N-dealkylation sites (tertiary alicyclic amines) is 1. The van der Waals surface area contributed by atoms with Crippen LogP contribution in [0.4, 0.5) is 17.2 Å². The number of aromatic nitrogens is 5. The van der Waals surface area contributed by atoms with Crippen molar-refractivity contribution in [1.82, 2.24) is 50.2 Å². The average Bonchev–Trinajstić information content (AvgIpc) is 4.28.